The standard InChI is InChI=1S/C25H23N5O2S/c1-12-22(13-4-8-19(31)20(9-13)32-2)23-15-11-27-30-16(15)6-7-18(23)28-24(12)14-3-5-17-21(10-14)33-25(26)29-17/h3-12,22,24,28,31H,1-2H3,(H2,26,29)(H,27,30)/t12-,22+,24-/m1/s1. The molecular formula is C25H23N5O2S. The van der Waals surface area contributed by atoms with E-state index in [2.05, 4.69) is 51.7 Å². The summed E-state index contributed by atoms with van der Waals surface area (Å²) in [5, 5.41) is 23.0. The number of methoxy groups -OCH3 is 1. The van der Waals surface area contributed by atoms with Crippen molar-refractivity contribution in [1.29, 1.82) is 0 Å². The highest BCUT2D eigenvalue weighted by Crippen LogP contribution is 2.51. The molecule has 6 rings (SSSR count). The molecule has 5 N–H and O–H groups in total. The molecule has 0 bridgehead atoms. The predicted octanol–water partition coefficient (Wildman–Crippen LogP) is 5.40. The van der Waals surface area contributed by atoms with Gasteiger partial charge >= 0.3 is 0 Å². The highest BCUT2D eigenvalue weighted by molar-refractivity contribution is 7.22. The van der Waals surface area contributed by atoms with Crippen molar-refractivity contribution >= 4 is 43.3 Å². The number of anilines is 2. The molecule has 3 atom stereocenters. The number of nitrogens with one attached hydrogen (secondary N) is 2. The number of aromatic amines is 1. The number of fused-ring (bicyclic) bond motifs is 4. The van der Waals surface area contributed by atoms with Gasteiger partial charge in [0.2, 0.25) is 0 Å². The molecule has 3 heterocycles. The van der Waals surface area contributed by atoms with Crippen LogP contribution in [0.4, 0.5) is 10.8 Å². The number of ether oxygens (including phenoxy) is 1. The third-order valence-electron chi connectivity index (χ3n) is 6.69. The number of phenols is 1. The Balaban J connectivity index is 1.55. The highest BCUT2D eigenvalue weighted by atomic mass is 32.1. The minimum absolute atomic E-state index is 0.0595. The monoisotopic (exact) mass is 457 g/mol. The van der Waals surface area contributed by atoms with Gasteiger partial charge in [-0.3, -0.25) is 5.10 Å². The first-order valence-corrected chi connectivity index (χ1v) is 11.6. The highest BCUT2D eigenvalue weighted by Gasteiger charge is 2.37. The molecule has 0 saturated heterocycles. The first kappa shape index (κ1) is 19.9. The maximum Gasteiger partial charge on any atom is 0.181 e. The number of phenolic OH excluding ortho intramolecular Hbond substituents is 1. The van der Waals surface area contributed by atoms with E-state index in [0.717, 1.165) is 32.4 Å². The summed E-state index contributed by atoms with van der Waals surface area (Å²) in [7, 11) is 1.58. The van der Waals surface area contributed by atoms with Crippen LogP contribution >= 0.6 is 11.3 Å². The largest absolute Gasteiger partial charge is 0.504 e. The van der Waals surface area contributed by atoms with Gasteiger partial charge in [-0.2, -0.15) is 5.10 Å². The number of nitrogen functional groups attached to an aromatic ring is 1. The Morgan fingerprint density at radius 1 is 1.09 bits per heavy atom. The van der Waals surface area contributed by atoms with Crippen molar-refractivity contribution in [2.75, 3.05) is 18.2 Å². The van der Waals surface area contributed by atoms with Gasteiger partial charge in [0.1, 0.15) is 0 Å². The van der Waals surface area contributed by atoms with E-state index in [4.69, 9.17) is 10.5 Å². The predicted molar refractivity (Wildman–Crippen MR) is 132 cm³/mol. The maximum atomic E-state index is 10.2. The van der Waals surface area contributed by atoms with Crippen LogP contribution in [-0.2, 0) is 0 Å². The van der Waals surface area contributed by atoms with Crippen LogP contribution < -0.4 is 15.8 Å². The summed E-state index contributed by atoms with van der Waals surface area (Å²) in [4.78, 5) is 4.40. The van der Waals surface area contributed by atoms with Gasteiger partial charge in [-0.25, -0.2) is 4.98 Å². The molecule has 5 aromatic rings. The van der Waals surface area contributed by atoms with Gasteiger partial charge in [0, 0.05) is 17.0 Å². The zero-order valence-electron chi connectivity index (χ0n) is 18.2. The number of nitrogens with zero attached hydrogens (tertiary/aromatic N) is 2. The molecule has 3 aromatic carbocycles. The molecule has 0 aliphatic carbocycles. The second-order valence-corrected chi connectivity index (χ2v) is 9.59. The third kappa shape index (κ3) is 3.09. The second-order valence-electron chi connectivity index (χ2n) is 8.53. The molecule has 0 unspecified atom stereocenters. The SMILES string of the molecule is COc1cc([C@H]2c3c(ccc4[nH]ncc34)N[C@@H](c3ccc4nc(N)sc4c3)[C@@H]2C)ccc1O. The van der Waals surface area contributed by atoms with Crippen molar-refractivity contribution in [2.45, 2.75) is 18.9 Å². The van der Waals surface area contributed by atoms with Crippen LogP contribution in [0.25, 0.3) is 21.1 Å². The lowest BCUT2D eigenvalue weighted by atomic mass is 9.72. The molecule has 1 aliphatic rings. The number of thiazole rings is 1. The first-order valence-electron chi connectivity index (χ1n) is 10.8. The summed E-state index contributed by atoms with van der Waals surface area (Å²) in [5.74, 6) is 0.853. The van der Waals surface area contributed by atoms with Crippen LogP contribution in [0.15, 0.2) is 54.7 Å². The quantitative estimate of drug-likeness (QED) is 0.289. The Labute approximate surface area is 194 Å². The van der Waals surface area contributed by atoms with Gasteiger partial charge in [-0.15, -0.1) is 0 Å². The number of H-pyrrole nitrogens is 1. The maximum absolute atomic E-state index is 10.2. The number of aromatic nitrogens is 3. The van der Waals surface area contributed by atoms with Crippen LogP contribution in [0, 0.1) is 5.92 Å². The summed E-state index contributed by atoms with van der Waals surface area (Å²) >= 11 is 1.51. The van der Waals surface area contributed by atoms with Gasteiger partial charge in [-0.05, 0) is 59.0 Å². The normalized spacial score (nSPS) is 20.0. The smallest absolute Gasteiger partial charge is 0.181 e. The van der Waals surface area contributed by atoms with Crippen LogP contribution in [0.2, 0.25) is 0 Å². The van der Waals surface area contributed by atoms with E-state index in [1.54, 1.807) is 13.2 Å². The molecule has 0 fully saturated rings. The van der Waals surface area contributed by atoms with E-state index in [0.29, 0.717) is 10.9 Å². The topological polar surface area (TPSA) is 109 Å². The fourth-order valence-electron chi connectivity index (χ4n) is 5.15. The summed E-state index contributed by atoms with van der Waals surface area (Å²) in [5.41, 5.74) is 12.4. The molecule has 2 aromatic heterocycles. The van der Waals surface area contributed by atoms with Gasteiger partial charge in [0.15, 0.2) is 16.6 Å². The molecule has 166 valence electrons. The summed E-state index contributed by atoms with van der Waals surface area (Å²) in [6.45, 7) is 2.26. The number of nitrogens with two attached hydrogens (primary N) is 1. The molecule has 33 heavy (non-hydrogen) atoms. The van der Waals surface area contributed by atoms with Crippen LogP contribution in [-0.4, -0.2) is 27.4 Å². The number of hydrogen-bond acceptors (Lipinski definition) is 7. The Morgan fingerprint density at radius 2 is 1.94 bits per heavy atom. The lowest BCUT2D eigenvalue weighted by molar-refractivity contribution is 0.370. The van der Waals surface area contributed by atoms with E-state index < -0.39 is 0 Å². The minimum atomic E-state index is 0.0595. The Hall–Kier alpha value is -3.78. The van der Waals surface area contributed by atoms with E-state index in [-0.39, 0.29) is 23.6 Å². The van der Waals surface area contributed by atoms with Crippen LogP contribution in [0.3, 0.4) is 0 Å². The van der Waals surface area contributed by atoms with Crippen molar-refractivity contribution in [3.05, 3.63) is 71.4 Å². The fourth-order valence-corrected chi connectivity index (χ4v) is 5.93. The van der Waals surface area contributed by atoms with Crippen LogP contribution in [0.5, 0.6) is 11.5 Å². The van der Waals surface area contributed by atoms with Gasteiger partial charge in [0.25, 0.3) is 0 Å². The first-order chi connectivity index (χ1) is 16.0. The van der Waals surface area contributed by atoms with Crippen molar-refractivity contribution in [3.8, 4) is 11.5 Å². The summed E-state index contributed by atoms with van der Waals surface area (Å²) < 4.78 is 6.51. The molecular weight excluding hydrogens is 434 g/mol. The Bertz CT molecular complexity index is 1510. The number of benzene rings is 3. The Kier molecular flexibility index (Phi) is 4.45. The average molecular weight is 458 g/mol. The Morgan fingerprint density at radius 3 is 2.79 bits per heavy atom. The molecule has 1 aliphatic heterocycles. The van der Waals surface area contributed by atoms with E-state index in [9.17, 15) is 5.11 Å². The van der Waals surface area contributed by atoms with E-state index >= 15 is 0 Å². The molecule has 0 radical (unpaired) electrons. The molecule has 8 heteroatoms. The zero-order chi connectivity index (χ0) is 22.7. The molecule has 0 saturated carbocycles. The molecule has 0 spiro atoms. The van der Waals surface area contributed by atoms with E-state index in [1.807, 2.05) is 24.4 Å². The van der Waals surface area contributed by atoms with Gasteiger partial charge in [-0.1, -0.05) is 30.4 Å². The summed E-state index contributed by atoms with van der Waals surface area (Å²) in [6.07, 6.45) is 1.89. The average Bonchev–Trinajstić information content (AvgIpc) is 3.44. The lowest BCUT2D eigenvalue weighted by Gasteiger charge is -2.40. The van der Waals surface area contributed by atoms with Crippen molar-refractivity contribution in [3.63, 3.8) is 0 Å². The fraction of sp³-hybridized carbons (Fsp3) is 0.200. The zero-order valence-corrected chi connectivity index (χ0v) is 19.0. The minimum Gasteiger partial charge on any atom is -0.504 e. The van der Waals surface area contributed by atoms with Gasteiger partial charge < -0.3 is 20.9 Å². The van der Waals surface area contributed by atoms with Crippen molar-refractivity contribution in [1.82, 2.24) is 15.2 Å². The second kappa shape index (κ2) is 7.38. The van der Waals surface area contributed by atoms with E-state index in [1.165, 1.54) is 22.5 Å². The number of rotatable bonds is 3. The third-order valence-corrected chi connectivity index (χ3v) is 7.54. The number of hydrogen-bond donors (Lipinski definition) is 4. The summed E-state index contributed by atoms with van der Waals surface area (Å²) in [6, 6.07) is 16.2. The van der Waals surface area contributed by atoms with Crippen molar-refractivity contribution < 1.29 is 9.84 Å². The number of aromatic hydroxyl groups is 1. The van der Waals surface area contributed by atoms with Gasteiger partial charge in [0.05, 0.1) is 35.1 Å². The van der Waals surface area contributed by atoms with Crippen LogP contribution in [0.1, 0.15) is 35.6 Å². The molecule has 0 amide bonds. The van der Waals surface area contributed by atoms with Crippen molar-refractivity contribution in [2.24, 2.45) is 5.92 Å². The molecule has 7 nitrogen and oxygen atoms in total. The lowest BCUT2D eigenvalue weighted by Crippen LogP contribution is -2.30.